The summed E-state index contributed by atoms with van der Waals surface area (Å²) < 4.78 is 5.55. The molecule has 4 nitrogen and oxygen atoms in total. The van der Waals surface area contributed by atoms with Crippen LogP contribution in [-0.4, -0.2) is 29.8 Å². The minimum atomic E-state index is -0.126. The molecular formula is C16H21NO3. The standard InChI is InChI=1S/C16H21NO3/c1-12(10-15-6-3-9-20-15)17-16(19)8-7-13-4-2-5-14(18)11-13/h2,4-5,7-8,11-12,15,18H,3,6,9-10H2,1H3,(H,17,19). The fraction of sp³-hybridized carbons (Fsp3) is 0.438. The molecule has 1 aromatic carbocycles. The summed E-state index contributed by atoms with van der Waals surface area (Å²) in [5.41, 5.74) is 0.798. The molecule has 2 unspecified atom stereocenters. The zero-order valence-electron chi connectivity index (χ0n) is 11.7. The lowest BCUT2D eigenvalue weighted by Gasteiger charge is -2.16. The summed E-state index contributed by atoms with van der Waals surface area (Å²) in [6.45, 7) is 2.82. The maximum absolute atomic E-state index is 11.8. The van der Waals surface area contributed by atoms with E-state index < -0.39 is 0 Å². The van der Waals surface area contributed by atoms with Gasteiger partial charge in [-0.25, -0.2) is 0 Å². The average molecular weight is 275 g/mol. The Morgan fingerprint density at radius 2 is 2.45 bits per heavy atom. The maximum atomic E-state index is 11.8. The SMILES string of the molecule is CC(CC1CCCO1)NC(=O)C=Cc1cccc(O)c1. The molecule has 0 radical (unpaired) electrons. The van der Waals surface area contributed by atoms with E-state index in [2.05, 4.69) is 5.32 Å². The first-order valence-corrected chi connectivity index (χ1v) is 7.02. The van der Waals surface area contributed by atoms with Crippen LogP contribution in [0, 0.1) is 0 Å². The second-order valence-corrected chi connectivity index (χ2v) is 5.21. The van der Waals surface area contributed by atoms with Crippen LogP contribution in [0.4, 0.5) is 0 Å². The fourth-order valence-electron chi connectivity index (χ4n) is 2.37. The van der Waals surface area contributed by atoms with Gasteiger partial charge in [0.15, 0.2) is 0 Å². The van der Waals surface area contributed by atoms with Gasteiger partial charge >= 0.3 is 0 Å². The van der Waals surface area contributed by atoms with Gasteiger partial charge in [-0.05, 0) is 50.0 Å². The highest BCUT2D eigenvalue weighted by Gasteiger charge is 2.18. The molecule has 20 heavy (non-hydrogen) atoms. The molecule has 0 spiro atoms. The topological polar surface area (TPSA) is 58.6 Å². The molecule has 1 aliphatic heterocycles. The van der Waals surface area contributed by atoms with Crippen LogP contribution in [0.2, 0.25) is 0 Å². The quantitative estimate of drug-likeness (QED) is 0.812. The first-order chi connectivity index (χ1) is 9.63. The van der Waals surface area contributed by atoms with Crippen molar-refractivity contribution < 1.29 is 14.6 Å². The molecule has 2 N–H and O–H groups in total. The van der Waals surface area contributed by atoms with E-state index in [4.69, 9.17) is 4.74 Å². The molecule has 108 valence electrons. The van der Waals surface area contributed by atoms with Crippen LogP contribution in [0.15, 0.2) is 30.3 Å². The van der Waals surface area contributed by atoms with Crippen LogP contribution in [0.5, 0.6) is 5.75 Å². The molecular weight excluding hydrogens is 254 g/mol. The van der Waals surface area contributed by atoms with E-state index in [1.165, 1.54) is 6.08 Å². The third kappa shape index (κ3) is 4.70. The highest BCUT2D eigenvalue weighted by molar-refractivity contribution is 5.91. The van der Waals surface area contributed by atoms with Crippen molar-refractivity contribution >= 4 is 12.0 Å². The number of ether oxygens (including phenoxy) is 1. The molecule has 1 amide bonds. The van der Waals surface area contributed by atoms with Crippen molar-refractivity contribution in [3.8, 4) is 5.75 Å². The van der Waals surface area contributed by atoms with Crippen molar-refractivity contribution in [1.82, 2.24) is 5.32 Å². The monoisotopic (exact) mass is 275 g/mol. The third-order valence-corrected chi connectivity index (χ3v) is 3.33. The van der Waals surface area contributed by atoms with E-state index in [0.717, 1.165) is 31.4 Å². The van der Waals surface area contributed by atoms with Gasteiger partial charge in [-0.2, -0.15) is 0 Å². The Bertz CT molecular complexity index is 478. The van der Waals surface area contributed by atoms with Crippen LogP contribution in [-0.2, 0) is 9.53 Å². The van der Waals surface area contributed by atoms with E-state index in [9.17, 15) is 9.90 Å². The van der Waals surface area contributed by atoms with Gasteiger partial charge in [0, 0.05) is 18.7 Å². The zero-order chi connectivity index (χ0) is 14.4. The number of rotatable bonds is 5. The summed E-state index contributed by atoms with van der Waals surface area (Å²) in [4.78, 5) is 11.8. The number of phenols is 1. The Balaban J connectivity index is 1.79. The van der Waals surface area contributed by atoms with E-state index in [1.54, 1.807) is 24.3 Å². The number of carbonyl (C=O) groups is 1. The van der Waals surface area contributed by atoms with Crippen molar-refractivity contribution in [2.45, 2.75) is 38.3 Å². The molecule has 1 aromatic rings. The largest absolute Gasteiger partial charge is 0.508 e. The molecule has 0 aromatic heterocycles. The number of benzene rings is 1. The van der Waals surface area contributed by atoms with Crippen molar-refractivity contribution in [2.75, 3.05) is 6.61 Å². The minimum absolute atomic E-state index is 0.0967. The van der Waals surface area contributed by atoms with E-state index in [-0.39, 0.29) is 23.8 Å². The summed E-state index contributed by atoms with van der Waals surface area (Å²) in [5, 5.41) is 12.3. The number of amides is 1. The Morgan fingerprint density at radius 1 is 1.60 bits per heavy atom. The lowest BCUT2D eigenvalue weighted by atomic mass is 10.1. The van der Waals surface area contributed by atoms with Gasteiger partial charge in [0.2, 0.25) is 5.91 Å². The van der Waals surface area contributed by atoms with E-state index in [1.807, 2.05) is 13.0 Å². The van der Waals surface area contributed by atoms with Gasteiger partial charge in [-0.15, -0.1) is 0 Å². The lowest BCUT2D eigenvalue weighted by Crippen LogP contribution is -2.33. The molecule has 1 fully saturated rings. The first-order valence-electron chi connectivity index (χ1n) is 7.02. The van der Waals surface area contributed by atoms with Crippen molar-refractivity contribution in [3.63, 3.8) is 0 Å². The molecule has 0 aliphatic carbocycles. The number of aromatic hydroxyl groups is 1. The number of nitrogens with one attached hydrogen (secondary N) is 1. The Labute approximate surface area is 119 Å². The second kappa shape index (κ2) is 7.10. The maximum Gasteiger partial charge on any atom is 0.244 e. The third-order valence-electron chi connectivity index (χ3n) is 3.33. The van der Waals surface area contributed by atoms with E-state index >= 15 is 0 Å². The van der Waals surface area contributed by atoms with Crippen molar-refractivity contribution in [1.29, 1.82) is 0 Å². The van der Waals surface area contributed by atoms with Gasteiger partial charge in [-0.3, -0.25) is 4.79 Å². The summed E-state index contributed by atoms with van der Waals surface area (Å²) in [6.07, 6.45) is 6.50. The van der Waals surface area contributed by atoms with Gasteiger partial charge in [-0.1, -0.05) is 12.1 Å². The number of hydrogen-bond donors (Lipinski definition) is 2. The van der Waals surface area contributed by atoms with Crippen LogP contribution in [0.25, 0.3) is 6.08 Å². The van der Waals surface area contributed by atoms with Gasteiger partial charge in [0.05, 0.1) is 6.10 Å². The molecule has 1 saturated heterocycles. The predicted octanol–water partition coefficient (Wildman–Crippen LogP) is 2.48. The zero-order valence-corrected chi connectivity index (χ0v) is 11.7. The second-order valence-electron chi connectivity index (χ2n) is 5.21. The Kier molecular flexibility index (Phi) is 5.18. The summed E-state index contributed by atoms with van der Waals surface area (Å²) in [5.74, 6) is 0.0677. The normalized spacial score (nSPS) is 20.1. The van der Waals surface area contributed by atoms with Crippen molar-refractivity contribution in [3.05, 3.63) is 35.9 Å². The fourth-order valence-corrected chi connectivity index (χ4v) is 2.37. The molecule has 4 heteroatoms. The number of carbonyl (C=O) groups excluding carboxylic acids is 1. The highest BCUT2D eigenvalue weighted by Crippen LogP contribution is 2.17. The first kappa shape index (κ1) is 14.6. The molecule has 0 saturated carbocycles. The van der Waals surface area contributed by atoms with Crippen LogP contribution in [0.3, 0.4) is 0 Å². The van der Waals surface area contributed by atoms with Gasteiger partial charge in [0.25, 0.3) is 0 Å². The summed E-state index contributed by atoms with van der Waals surface area (Å²) >= 11 is 0. The molecule has 2 atom stereocenters. The molecule has 0 bridgehead atoms. The van der Waals surface area contributed by atoms with E-state index in [0.29, 0.717) is 0 Å². The van der Waals surface area contributed by atoms with Gasteiger partial charge < -0.3 is 15.2 Å². The van der Waals surface area contributed by atoms with Crippen LogP contribution in [0.1, 0.15) is 31.7 Å². The number of hydrogen-bond acceptors (Lipinski definition) is 3. The smallest absolute Gasteiger partial charge is 0.244 e. The lowest BCUT2D eigenvalue weighted by molar-refractivity contribution is -0.117. The summed E-state index contributed by atoms with van der Waals surface area (Å²) in [6, 6.07) is 6.88. The van der Waals surface area contributed by atoms with Crippen LogP contribution >= 0.6 is 0 Å². The molecule has 2 rings (SSSR count). The molecule has 1 aliphatic rings. The Morgan fingerprint density at radius 3 is 3.15 bits per heavy atom. The van der Waals surface area contributed by atoms with Crippen LogP contribution < -0.4 is 5.32 Å². The molecule has 1 heterocycles. The predicted molar refractivity (Wildman–Crippen MR) is 78.3 cm³/mol. The summed E-state index contributed by atoms with van der Waals surface area (Å²) in [7, 11) is 0. The highest BCUT2D eigenvalue weighted by atomic mass is 16.5. The Hall–Kier alpha value is -1.81. The number of phenolic OH excluding ortho intramolecular Hbond substituents is 1. The van der Waals surface area contributed by atoms with Crippen molar-refractivity contribution in [2.24, 2.45) is 0 Å². The van der Waals surface area contributed by atoms with Gasteiger partial charge in [0.1, 0.15) is 5.75 Å². The minimum Gasteiger partial charge on any atom is -0.508 e. The average Bonchev–Trinajstić information content (AvgIpc) is 2.89.